The minimum atomic E-state index is -1.90. The zero-order valence-corrected chi connectivity index (χ0v) is 78.9. The van der Waals surface area contributed by atoms with Crippen molar-refractivity contribution in [3.05, 3.63) is 126 Å². The van der Waals surface area contributed by atoms with Crippen molar-refractivity contribution in [1.29, 1.82) is 10.7 Å². The summed E-state index contributed by atoms with van der Waals surface area (Å²) in [5, 5.41) is 70.8. The average Bonchev–Trinajstić information content (AvgIpc) is 1.70. The second-order valence-corrected chi connectivity index (χ2v) is 36.2. The van der Waals surface area contributed by atoms with Crippen molar-refractivity contribution in [2.75, 3.05) is 65.4 Å². The van der Waals surface area contributed by atoms with Gasteiger partial charge in [0.25, 0.3) is 0 Å². The van der Waals surface area contributed by atoms with Crippen LogP contribution in [0.25, 0.3) is 21.8 Å². The Bertz CT molecular complexity index is 5370. The molecule has 3 aliphatic heterocycles. The highest BCUT2D eigenvalue weighted by Crippen LogP contribution is 2.28. The largest absolute Gasteiger partial charge is 0.394 e. The molecule has 9 rings (SSSR count). The molecule has 3 fully saturated rings. The van der Waals surface area contributed by atoms with Gasteiger partial charge < -0.3 is 125 Å². The van der Waals surface area contributed by atoms with Crippen molar-refractivity contribution < 1.29 is 91.7 Å². The molecule has 0 saturated carbocycles. The van der Waals surface area contributed by atoms with E-state index in [-0.39, 0.29) is 95.2 Å². The summed E-state index contributed by atoms with van der Waals surface area (Å²) in [5.74, 6) is -18.0. The van der Waals surface area contributed by atoms with E-state index in [4.69, 9.17) is 22.6 Å². The predicted molar refractivity (Wildman–Crippen MR) is 503 cm³/mol. The Hall–Kier alpha value is -14.0. The van der Waals surface area contributed by atoms with Crippen LogP contribution in [0.2, 0.25) is 0 Å². The van der Waals surface area contributed by atoms with Crippen molar-refractivity contribution in [3.8, 4) is 6.07 Å². The van der Waals surface area contributed by atoms with Crippen molar-refractivity contribution in [2.24, 2.45) is 23.1 Å². The highest BCUT2D eigenvalue weighted by molar-refractivity contribution is 8.00. The summed E-state index contributed by atoms with van der Waals surface area (Å²) in [6.07, 6.45) is 3.55. The Morgan fingerprint density at radius 1 is 0.577 bits per heavy atom. The molecule has 44 nitrogen and oxygen atoms in total. The van der Waals surface area contributed by atoms with Gasteiger partial charge in [-0.25, -0.2) is 4.98 Å². The van der Waals surface area contributed by atoms with Crippen LogP contribution in [0, 0.1) is 22.7 Å². The number of rotatable bonds is 26. The van der Waals surface area contributed by atoms with Crippen LogP contribution in [0.3, 0.4) is 0 Å². The van der Waals surface area contributed by atoms with Crippen LogP contribution in [0.15, 0.2) is 97.7 Å². The lowest BCUT2D eigenvalue weighted by atomic mass is 10.00. The van der Waals surface area contributed by atoms with Gasteiger partial charge >= 0.3 is 0 Å². The Kier molecular flexibility index (Phi) is 39.7. The molecule has 15 atom stereocenters. The smallest absolute Gasteiger partial charge is 0.246 e. The number of carbonyl (C=O) groups is 17. The van der Waals surface area contributed by atoms with E-state index in [1.165, 1.54) is 58.8 Å². The predicted octanol–water partition coefficient (Wildman–Crippen LogP) is -2.76. The number of carbonyl (C=O) groups excluding carboxylic acids is 17. The van der Waals surface area contributed by atoms with Gasteiger partial charge in [-0.15, -0.1) is 11.8 Å². The molecule has 6 heterocycles. The van der Waals surface area contributed by atoms with Crippen LogP contribution < -0.4 is 75.7 Å². The van der Waals surface area contributed by atoms with Crippen LogP contribution in [0.1, 0.15) is 146 Å². The maximum atomic E-state index is 15.8. The number of nitrogens with two attached hydrogens (primary N) is 3. The number of hydrogen-bond acceptors (Lipinski definition) is 23. The summed E-state index contributed by atoms with van der Waals surface area (Å²) >= 11 is 0.754. The highest BCUT2D eigenvalue weighted by atomic mass is 32.2. The standard InChI is InChI=1S/C92H127N25O19S/c1-9-11-27-71-84(129)105-62(26-18-30-99-92(96)97)80(125)112-70(79(124)102-44-76(95)121)47-137-48-77(122)104-66(34-52-20-17-21-53(33-52)40-93)87(132)113(6)51(5)78(123)108-68(39-75(94)120)89(134)116-31-19-29-72(116)85(130)107-64(37-56-43-98-49-103-56)82(127)109-65(32-50(3)4)90(135)117-45-57(119)38-74(117)86(131)106-63(35-54-41-100-60-24-15-13-22-58(54)60)81(126)111-69(46-118)83(128)110-67(36-55-42-101-61-25-16-14-23-59(55)61)88(133)115(8)73(28-12-10-2)91(136)114(71)7/h13-17,20-25,33,41-43,49-51,57,62-74,100-101,118-119H,9-12,18-19,26-32,34-39,44-48H2,1-8H3,(H2,94,120)(H2,95,121)(H,98,103)(H,102,124)(H,104,122)(H,105,129)(H,106,131)(H,107,130)(H,108,123)(H,109,127)(H,110,128)(H,111,126)(H,112,125)(H4,96,97,99)/t51-,57+,62-,63-,64-,65-,66-,67-,68-,69-,70-,71-,72-,73-,74-/m0/s1. The molecular formula is C92H127N25O19S. The SMILES string of the molecule is CCCC[C@H]1C(=O)N(C)[C@@H](CCCC)C(=O)N[C@@H](CCCNC(=N)N)C(=O)N[C@H](C(=O)NCC(N)=O)CSCC(=O)N[C@@H](Cc2cccc(C#N)c2)C(=O)N(C)[C@@H](C)C(=O)N[C@@H](CC(N)=O)C(=O)N2CCC[C@H]2C(=O)N[C@@H](Cc2cnc[nH]2)C(=O)N[C@@H](CC(C)C)C(=O)N2C[C@H](O)C[C@H]2C(=O)N[C@@H](Cc2c[nH]c3ccccc23)C(=O)N[C@@H](CO)C(=O)N[C@@H](Cc2c[nH]c3ccccc23)C(=O)N1C. The van der Waals surface area contributed by atoms with Gasteiger partial charge in [0.2, 0.25) is 100 Å². The molecule has 0 aliphatic carbocycles. The van der Waals surface area contributed by atoms with E-state index < -0.39 is 241 Å². The van der Waals surface area contributed by atoms with Crippen LogP contribution in [-0.4, -0.2) is 317 Å². The summed E-state index contributed by atoms with van der Waals surface area (Å²) < 4.78 is 0. The lowest BCUT2D eigenvalue weighted by Gasteiger charge is -2.36. The molecule has 0 unspecified atom stereocenters. The van der Waals surface area contributed by atoms with E-state index in [0.29, 0.717) is 69.9 Å². The number of imidazole rings is 1. The molecule has 0 bridgehead atoms. The number of fused-ring (bicyclic) bond motifs is 4. The van der Waals surface area contributed by atoms with Gasteiger partial charge in [0.1, 0.15) is 84.6 Å². The van der Waals surface area contributed by atoms with Crippen LogP contribution >= 0.6 is 11.8 Å². The second-order valence-electron chi connectivity index (χ2n) is 35.1. The molecule has 0 radical (unpaired) electrons. The summed E-state index contributed by atoms with van der Waals surface area (Å²) in [4.78, 5) is 270. The topological polar surface area (TPSA) is 665 Å². The molecule has 6 aromatic rings. The number of thioether (sulfide) groups is 1. The second kappa shape index (κ2) is 51.1. The van der Waals surface area contributed by atoms with Crippen LogP contribution in [0.4, 0.5) is 0 Å². The normalized spacial score (nSPS) is 24.5. The summed E-state index contributed by atoms with van der Waals surface area (Å²) in [7, 11) is 3.89. The minimum Gasteiger partial charge on any atom is -0.394 e. The molecule has 3 aromatic heterocycles. The third-order valence-corrected chi connectivity index (χ3v) is 25.5. The molecule has 0 spiro atoms. The van der Waals surface area contributed by atoms with Crippen molar-refractivity contribution in [2.45, 2.75) is 234 Å². The number of aliphatic hydroxyl groups is 2. The van der Waals surface area contributed by atoms with E-state index in [1.807, 2.05) is 19.9 Å². The van der Waals surface area contributed by atoms with E-state index in [9.17, 15) is 58.6 Å². The molecule has 137 heavy (non-hydrogen) atoms. The van der Waals surface area contributed by atoms with Gasteiger partial charge in [-0.3, -0.25) is 86.9 Å². The lowest BCUT2D eigenvalue weighted by molar-refractivity contribution is -0.149. The number of guanidine groups is 1. The van der Waals surface area contributed by atoms with E-state index in [1.54, 1.807) is 80.8 Å². The fraction of sp³-hybridized carbons (Fsp3) is 0.522. The Balaban J connectivity index is 1.11. The average molecular weight is 1920 g/mol. The minimum absolute atomic E-state index is 0.0151. The van der Waals surface area contributed by atoms with Gasteiger partial charge in [0.15, 0.2) is 5.96 Å². The van der Waals surface area contributed by atoms with Crippen molar-refractivity contribution in [3.63, 3.8) is 0 Å². The van der Waals surface area contributed by atoms with Gasteiger partial charge in [0.05, 0.1) is 49.4 Å². The molecule has 17 amide bonds. The molecule has 3 aliphatic rings. The zero-order chi connectivity index (χ0) is 100. The molecule has 45 heteroatoms. The van der Waals surface area contributed by atoms with Crippen molar-refractivity contribution >= 4 is 140 Å². The van der Waals surface area contributed by atoms with Gasteiger partial charge in [-0.05, 0) is 98.7 Å². The highest BCUT2D eigenvalue weighted by Gasteiger charge is 2.47. The number of nitrogens with one attached hydrogen (secondary N) is 15. The Morgan fingerprint density at radius 3 is 1.74 bits per heavy atom. The van der Waals surface area contributed by atoms with E-state index in [0.717, 1.165) is 36.3 Å². The molecule has 3 aromatic carbocycles. The first kappa shape index (κ1) is 107. The van der Waals surface area contributed by atoms with Gasteiger partial charge in [0, 0.05) is 125 Å². The van der Waals surface area contributed by atoms with E-state index in [2.05, 4.69) is 78.4 Å². The lowest BCUT2D eigenvalue weighted by Crippen LogP contribution is -2.62. The molecule has 3 saturated heterocycles. The van der Waals surface area contributed by atoms with Crippen LogP contribution in [-0.2, 0) is 107 Å². The zero-order valence-electron chi connectivity index (χ0n) is 78.1. The number of aromatic nitrogens is 4. The number of nitrogens with zero attached hydrogens (tertiary/aromatic N) is 7. The maximum Gasteiger partial charge on any atom is 0.246 e. The number of aromatic amines is 3. The monoisotopic (exact) mass is 1920 g/mol. The van der Waals surface area contributed by atoms with E-state index >= 15 is 38.4 Å². The first-order chi connectivity index (χ1) is 65.3. The first-order valence-corrected chi connectivity index (χ1v) is 47.0. The van der Waals surface area contributed by atoms with Gasteiger partial charge in [-0.1, -0.05) is 102 Å². The fourth-order valence-electron chi connectivity index (χ4n) is 16.9. The molecular weight excluding hydrogens is 1790 g/mol. The quantitative estimate of drug-likeness (QED) is 0.0149. The number of para-hydroxylation sites is 2. The number of amides is 17. The summed E-state index contributed by atoms with van der Waals surface area (Å²) in [5.41, 5.74) is 19.9. The fourth-order valence-corrected chi connectivity index (χ4v) is 17.8. The Morgan fingerprint density at radius 2 is 1.13 bits per heavy atom. The third-order valence-electron chi connectivity index (χ3n) is 24.4. The number of likely N-dealkylation sites (N-methyl/N-ethyl adjacent to an activating group) is 3. The number of nitriles is 1. The molecule has 23 N–H and O–H groups in total. The number of benzene rings is 3. The van der Waals surface area contributed by atoms with Gasteiger partial charge in [-0.2, -0.15) is 5.26 Å². The maximum absolute atomic E-state index is 15.8. The number of aliphatic hydroxyl groups excluding tert-OH is 2. The summed E-state index contributed by atoms with van der Waals surface area (Å²) in [6, 6.07) is 0.108. The van der Waals surface area contributed by atoms with Crippen molar-refractivity contribution in [1.82, 2.24) is 103 Å². The molecule has 740 valence electrons. The number of unbranched alkanes of at least 4 members (excludes halogenated alkanes) is 2. The number of H-pyrrole nitrogens is 3. The number of primary amides is 2. The first-order valence-electron chi connectivity index (χ1n) is 45.8. The van der Waals surface area contributed by atoms with Crippen LogP contribution in [0.5, 0.6) is 0 Å². The summed E-state index contributed by atoms with van der Waals surface area (Å²) in [6.45, 7) is 5.98. The third kappa shape index (κ3) is 29.7. The number of hydrogen-bond donors (Lipinski definition) is 20. The Labute approximate surface area is 796 Å².